The molecule has 57 heavy (non-hydrogen) atoms. The molecule has 13 heteroatoms. The molecule has 5 aliphatic rings. The number of aliphatic carboxylic acids is 1. The Bertz CT molecular complexity index is 1360. The quantitative estimate of drug-likeness (QED) is 0.174. The molecule has 0 radical (unpaired) electrons. The molecule has 5 saturated carbocycles. The van der Waals surface area contributed by atoms with Gasteiger partial charge in [-0.3, -0.25) is 14.4 Å². The normalized spacial score (nSPS) is 20.5. The maximum Gasteiger partial charge on any atom is 1.00 e. The van der Waals surface area contributed by atoms with Crippen LogP contribution in [0.2, 0.25) is 0 Å². The Hall–Kier alpha value is -1.04. The molecule has 1 aromatic carbocycles. The number of esters is 2. The minimum Gasteiger partial charge on any atom is -1.00 e. The Morgan fingerprint density at radius 3 is 1.39 bits per heavy atom. The van der Waals surface area contributed by atoms with Crippen molar-refractivity contribution in [2.45, 2.75) is 181 Å². The minimum absolute atomic E-state index is 0. The van der Waals surface area contributed by atoms with Crippen LogP contribution in [0.4, 0.5) is 0 Å². The third-order valence-corrected chi connectivity index (χ3v) is 14.0. The van der Waals surface area contributed by atoms with Crippen LogP contribution >= 0.6 is 10.7 Å². The van der Waals surface area contributed by atoms with Crippen molar-refractivity contribution < 1.29 is 62.8 Å². The fourth-order valence-electron chi connectivity index (χ4n) is 7.97. The van der Waals surface area contributed by atoms with Crippen molar-refractivity contribution in [2.75, 3.05) is 20.8 Å². The van der Waals surface area contributed by atoms with Crippen molar-refractivity contribution in [3.63, 3.8) is 0 Å². The van der Waals surface area contributed by atoms with Gasteiger partial charge in [-0.15, -0.1) is 0 Å². The summed E-state index contributed by atoms with van der Waals surface area (Å²) in [5.41, 5.74) is 1.49. The number of carbonyl (C=O) groups is 3. The number of aliphatic hydroxyl groups excluding tert-OH is 1. The fraction of sp³-hybridized carbons (Fsp3) is 0.795. The van der Waals surface area contributed by atoms with Gasteiger partial charge in [-0.25, -0.2) is 8.42 Å². The Labute approximate surface area is 375 Å². The number of ether oxygens (including phenoxy) is 2. The molecule has 0 spiro atoms. The second-order valence-corrected chi connectivity index (χ2v) is 20.2. The molecular formula is C44H79AlClLiO9S. The first kappa shape index (κ1) is 58.1. The van der Waals surface area contributed by atoms with Gasteiger partial charge in [-0.05, 0) is 108 Å². The summed E-state index contributed by atoms with van der Waals surface area (Å²) < 4.78 is 30.7. The number of hydrogen-bond acceptors (Lipinski definition) is 8. The van der Waals surface area contributed by atoms with Gasteiger partial charge < -0.3 is 21.1 Å². The smallest absolute Gasteiger partial charge is 1.00 e. The molecule has 0 atom stereocenters. The zero-order valence-corrected chi connectivity index (χ0v) is 38.1. The van der Waals surface area contributed by atoms with Crippen LogP contribution in [0.5, 0.6) is 0 Å². The second-order valence-electron chi connectivity index (χ2n) is 17.6. The van der Waals surface area contributed by atoms with E-state index < -0.39 is 15.0 Å². The van der Waals surface area contributed by atoms with E-state index in [0.29, 0.717) is 12.0 Å². The summed E-state index contributed by atoms with van der Waals surface area (Å²) in [6.07, 6.45) is 25.1. The van der Waals surface area contributed by atoms with Crippen LogP contribution in [0.25, 0.3) is 0 Å². The van der Waals surface area contributed by atoms with E-state index in [4.69, 9.17) is 25.6 Å². The van der Waals surface area contributed by atoms with Gasteiger partial charge in [0.1, 0.15) is 0 Å². The molecule has 0 unspecified atom stereocenters. The topological polar surface area (TPSA) is 144 Å². The molecule has 0 heterocycles. The van der Waals surface area contributed by atoms with Crippen LogP contribution in [0.15, 0.2) is 29.2 Å². The fourth-order valence-corrected chi connectivity index (χ4v) is 8.74. The van der Waals surface area contributed by atoms with Gasteiger partial charge in [0.05, 0.1) is 35.9 Å². The first-order valence-corrected chi connectivity index (χ1v) is 23.0. The van der Waals surface area contributed by atoms with Crippen LogP contribution in [-0.2, 0) is 32.9 Å². The average Bonchev–Trinajstić information content (AvgIpc) is 4.02. The largest absolute Gasteiger partial charge is 1.00 e. The summed E-state index contributed by atoms with van der Waals surface area (Å²) in [6.45, 7) is 13.0. The Balaban J connectivity index is -0.000000621. The van der Waals surface area contributed by atoms with Crippen molar-refractivity contribution in [1.82, 2.24) is 0 Å². The van der Waals surface area contributed by atoms with Crippen molar-refractivity contribution >= 4 is 55.0 Å². The molecule has 0 amide bonds. The second kappa shape index (κ2) is 28.5. The number of aliphatic hydroxyl groups is 1. The summed E-state index contributed by atoms with van der Waals surface area (Å²) in [4.78, 5) is 32.6. The number of methoxy groups -OCH3 is 2. The van der Waals surface area contributed by atoms with E-state index in [9.17, 15) is 22.8 Å². The van der Waals surface area contributed by atoms with Crippen molar-refractivity contribution in [3.05, 3.63) is 29.8 Å². The molecule has 1 aromatic rings. The van der Waals surface area contributed by atoms with Crippen molar-refractivity contribution in [1.29, 1.82) is 0 Å². The van der Waals surface area contributed by atoms with E-state index in [-0.39, 0.29) is 71.2 Å². The van der Waals surface area contributed by atoms with Crippen LogP contribution < -0.4 is 18.9 Å². The number of carboxylic acids is 1. The van der Waals surface area contributed by atoms with E-state index in [0.717, 1.165) is 62.3 Å². The van der Waals surface area contributed by atoms with Crippen molar-refractivity contribution in [3.8, 4) is 0 Å². The monoisotopic (exact) mass is 853 g/mol. The molecule has 2 N–H and O–H groups in total. The van der Waals surface area contributed by atoms with Gasteiger partial charge in [-0.1, -0.05) is 109 Å². The summed E-state index contributed by atoms with van der Waals surface area (Å²) in [5, 5.41) is 17.5. The number of aryl methyl sites for hydroxylation is 1. The van der Waals surface area contributed by atoms with Crippen LogP contribution in [0.1, 0.15) is 176 Å². The zero-order valence-electron chi connectivity index (χ0n) is 37.5. The minimum atomic E-state index is -3.55. The number of halogens is 1. The van der Waals surface area contributed by atoms with Crippen molar-refractivity contribution in [2.24, 2.45) is 27.6 Å². The molecule has 0 aromatic heterocycles. The van der Waals surface area contributed by atoms with E-state index in [1.165, 1.54) is 110 Å². The van der Waals surface area contributed by atoms with Crippen LogP contribution in [-0.4, -0.2) is 74.7 Å². The SMILES string of the molecule is CC1(C(=O)O)CCCC1.CC1(CO)CCCC1.CCC1(C)CCCC1.COC(=O)C1(C)CCCC1.COC(=O)C1CCCC1.Cc1ccc(S(=O)(=O)Cl)cc1.[AlH3].[H-].[Li+]. The number of carboxylic acid groups (broad SMARTS) is 1. The van der Waals surface area contributed by atoms with Gasteiger partial charge >= 0.3 is 36.8 Å². The molecule has 9 nitrogen and oxygen atoms in total. The molecule has 5 fully saturated rings. The predicted molar refractivity (Wildman–Crippen MR) is 233 cm³/mol. The summed E-state index contributed by atoms with van der Waals surface area (Å²) in [5.74, 6) is -0.465. The molecule has 6 rings (SSSR count). The van der Waals surface area contributed by atoms with Crippen LogP contribution in [0, 0.1) is 34.5 Å². The van der Waals surface area contributed by atoms with Gasteiger partial charge in [0.2, 0.25) is 0 Å². The van der Waals surface area contributed by atoms with E-state index in [1.54, 1.807) is 12.1 Å². The molecule has 0 bridgehead atoms. The molecule has 0 saturated heterocycles. The number of carbonyl (C=O) groups excluding carboxylic acids is 2. The molecule has 5 aliphatic carbocycles. The third-order valence-electron chi connectivity index (χ3n) is 12.7. The summed E-state index contributed by atoms with van der Waals surface area (Å²) in [7, 11) is 4.46. The Morgan fingerprint density at radius 2 is 1.11 bits per heavy atom. The van der Waals surface area contributed by atoms with Gasteiger partial charge in [0, 0.05) is 17.3 Å². The first-order chi connectivity index (χ1) is 25.7. The van der Waals surface area contributed by atoms with Gasteiger partial charge in [0.15, 0.2) is 17.4 Å². The first-order valence-electron chi connectivity index (χ1n) is 20.7. The van der Waals surface area contributed by atoms with E-state index in [1.807, 2.05) is 20.8 Å². The van der Waals surface area contributed by atoms with Crippen LogP contribution in [0.3, 0.4) is 0 Å². The average molecular weight is 854 g/mol. The molecule has 326 valence electrons. The van der Waals surface area contributed by atoms with Gasteiger partial charge in [-0.2, -0.15) is 0 Å². The number of hydrogen-bond donors (Lipinski definition) is 2. The van der Waals surface area contributed by atoms with Gasteiger partial charge in [0.25, 0.3) is 9.05 Å². The maximum atomic E-state index is 11.1. The zero-order chi connectivity index (χ0) is 41.8. The Kier molecular flexibility index (Phi) is 29.0. The molecule has 0 aliphatic heterocycles. The third kappa shape index (κ3) is 21.9. The standard InChI is InChI=1S/C8H14O2.C8H16.C7H7ClO2S.2C7H12O2.C7H14O.Al.Li.4H/c1-8(7(9)10-2)5-3-4-6-8;1-3-8(2)6-4-5-7-8;1-6-2-4-7(5-3-6)11(8,9)10;1-7(6(8)9)4-2-3-5-7;1-9-7(8)6-4-2-3-5-6;1-7(6-8)4-2-3-5-7;;;;;;/h3-6H2,1-2H3;3-7H2,1-2H3;2-5H,1H3;2-5H2,1H3,(H,8,9);6H,2-5H2,1H3;8H,2-6H2,1H3;;;;;;/q;;;;;;;+1;;;;-1. The number of benzene rings is 1. The van der Waals surface area contributed by atoms with E-state index in [2.05, 4.69) is 25.5 Å². The molecular weight excluding hydrogens is 774 g/mol. The summed E-state index contributed by atoms with van der Waals surface area (Å²) in [6, 6.07) is 6.37. The maximum absolute atomic E-state index is 11.1. The number of rotatable bonds is 6. The Morgan fingerprint density at radius 1 is 0.719 bits per heavy atom. The van der Waals surface area contributed by atoms with E-state index >= 15 is 0 Å². The predicted octanol–water partition coefficient (Wildman–Crippen LogP) is 7.13. The summed E-state index contributed by atoms with van der Waals surface area (Å²) >= 11 is 0.